The molecule has 5 rings (SSSR count). The molecule has 4 aliphatic rings. The number of rotatable bonds is 5. The van der Waals surface area contributed by atoms with Crippen LogP contribution < -0.4 is 0 Å². The number of unbranched alkanes of at least 4 members (excludes halogenated alkanes) is 1. The van der Waals surface area contributed by atoms with Gasteiger partial charge in [-0.25, -0.2) is 0 Å². The maximum Gasteiger partial charge on any atom is 0.00332 e. The van der Waals surface area contributed by atoms with Crippen molar-refractivity contribution in [2.45, 2.75) is 124 Å². The van der Waals surface area contributed by atoms with E-state index in [4.69, 9.17) is 6.58 Å². The molecule has 0 amide bonds. The lowest BCUT2D eigenvalue weighted by atomic mass is 9.80. The lowest BCUT2D eigenvalue weighted by Crippen LogP contribution is -2.13. The molecule has 0 radical (unpaired) electrons. The van der Waals surface area contributed by atoms with Gasteiger partial charge in [0.25, 0.3) is 0 Å². The average molecular weight is 549 g/mol. The fourth-order valence-corrected chi connectivity index (χ4v) is 7.76. The third kappa shape index (κ3) is 8.15. The third-order valence-electron chi connectivity index (χ3n) is 10.2. The van der Waals surface area contributed by atoms with Crippen LogP contribution in [0.3, 0.4) is 0 Å². The number of fused-ring (bicyclic) bond motifs is 5. The first kappa shape index (κ1) is 30.1. The minimum absolute atomic E-state index is 0.417. The molecule has 41 heavy (non-hydrogen) atoms. The molecule has 4 aliphatic carbocycles. The number of aryl methyl sites for hydroxylation is 1. The first-order chi connectivity index (χ1) is 19.8. The highest BCUT2D eigenvalue weighted by molar-refractivity contribution is 5.77. The van der Waals surface area contributed by atoms with E-state index < -0.39 is 0 Å². The molecule has 0 saturated heterocycles. The van der Waals surface area contributed by atoms with Crippen LogP contribution >= 0.6 is 0 Å². The standard InChI is InChI=1S/C41H56/c1-30-16-9-6-7-10-17-32-18-15-22-34(25-32)40-28-36(26-35(40)21-13-14-23-41(3,4)5)31(2)24-38-27-37(29-39(30)38)33-19-11-8-12-20-33/h15,18,22,25-29,33,35,37H,1-2,6-14,16-17,19-21,23-24H2,3-5H3. The highest BCUT2D eigenvalue weighted by Crippen LogP contribution is 2.44. The Morgan fingerprint density at radius 1 is 0.805 bits per heavy atom. The van der Waals surface area contributed by atoms with Crippen LogP contribution in [0.25, 0.3) is 5.57 Å². The van der Waals surface area contributed by atoms with E-state index in [2.05, 4.69) is 75.9 Å². The summed E-state index contributed by atoms with van der Waals surface area (Å²) in [6.45, 7) is 16.5. The summed E-state index contributed by atoms with van der Waals surface area (Å²) in [5.41, 5.74) is 11.9. The maximum atomic E-state index is 4.72. The molecule has 0 aromatic heterocycles. The monoisotopic (exact) mass is 548 g/mol. The molecule has 0 N–H and O–H groups in total. The highest BCUT2D eigenvalue weighted by Gasteiger charge is 2.29. The van der Waals surface area contributed by atoms with Crippen molar-refractivity contribution in [3.63, 3.8) is 0 Å². The van der Waals surface area contributed by atoms with Gasteiger partial charge in [0, 0.05) is 5.92 Å². The number of hydrogen-bond donors (Lipinski definition) is 0. The smallest absolute Gasteiger partial charge is 0.00332 e. The van der Waals surface area contributed by atoms with Crippen LogP contribution in [0, 0.1) is 23.2 Å². The van der Waals surface area contributed by atoms with Gasteiger partial charge in [0.15, 0.2) is 0 Å². The van der Waals surface area contributed by atoms with Crippen LogP contribution in [0.4, 0.5) is 0 Å². The molecule has 1 saturated carbocycles. The van der Waals surface area contributed by atoms with Gasteiger partial charge in [0.1, 0.15) is 0 Å². The lowest BCUT2D eigenvalue weighted by molar-refractivity contribution is 0.319. The van der Waals surface area contributed by atoms with Gasteiger partial charge in [-0.15, -0.1) is 0 Å². The van der Waals surface area contributed by atoms with Crippen molar-refractivity contribution in [1.29, 1.82) is 0 Å². The minimum atomic E-state index is 0.417. The molecular weight excluding hydrogens is 492 g/mol. The molecule has 1 fully saturated rings. The summed E-state index contributed by atoms with van der Waals surface area (Å²) in [5, 5.41) is 0. The van der Waals surface area contributed by atoms with Gasteiger partial charge in [-0.05, 0) is 120 Å². The van der Waals surface area contributed by atoms with E-state index in [1.165, 1.54) is 134 Å². The number of hydrogen-bond acceptors (Lipinski definition) is 0. The average Bonchev–Trinajstić information content (AvgIpc) is 3.57. The zero-order valence-corrected chi connectivity index (χ0v) is 26.6. The Hall–Kier alpha value is -2.34. The fraction of sp³-hybridized carbons (Fsp3) is 0.561. The van der Waals surface area contributed by atoms with Crippen LogP contribution in [-0.2, 0) is 6.42 Å². The molecule has 0 aliphatic heterocycles. The third-order valence-corrected chi connectivity index (χ3v) is 10.2. The van der Waals surface area contributed by atoms with Crippen LogP contribution in [0.1, 0.15) is 128 Å². The molecule has 4 bridgehead atoms. The summed E-state index contributed by atoms with van der Waals surface area (Å²) in [6.07, 6.45) is 30.9. The van der Waals surface area contributed by atoms with Crippen molar-refractivity contribution in [1.82, 2.24) is 0 Å². The second kappa shape index (κ2) is 13.8. The Bertz CT molecular complexity index is 1210. The SMILES string of the molecule is C=C1CC2=CC(C3CCCCC3)C=C2C(=C)CCCCCCc2cccc(c2)C2=CC1=CC2CCCCC(C)(C)C. The largest absolute Gasteiger partial charge is 0.0952 e. The van der Waals surface area contributed by atoms with Crippen LogP contribution in [0.2, 0.25) is 0 Å². The molecule has 1 aromatic rings. The normalized spacial score (nSPS) is 24.8. The molecule has 0 spiro atoms. The molecular formula is C41H56. The predicted molar refractivity (Wildman–Crippen MR) is 180 cm³/mol. The summed E-state index contributed by atoms with van der Waals surface area (Å²) >= 11 is 0. The van der Waals surface area contributed by atoms with Gasteiger partial charge in [0.2, 0.25) is 0 Å². The highest BCUT2D eigenvalue weighted by atomic mass is 14.3. The summed E-state index contributed by atoms with van der Waals surface area (Å²) in [6, 6.07) is 9.47. The predicted octanol–water partition coefficient (Wildman–Crippen LogP) is 12.3. The zero-order chi connectivity index (χ0) is 28.8. The molecule has 0 heteroatoms. The summed E-state index contributed by atoms with van der Waals surface area (Å²) in [7, 11) is 0. The van der Waals surface area contributed by atoms with E-state index in [1.807, 2.05) is 0 Å². The fourth-order valence-electron chi connectivity index (χ4n) is 7.76. The van der Waals surface area contributed by atoms with Crippen molar-refractivity contribution in [3.8, 4) is 0 Å². The first-order valence-electron chi connectivity index (χ1n) is 17.1. The van der Waals surface area contributed by atoms with E-state index in [0.717, 1.165) is 18.8 Å². The number of allylic oxidation sites excluding steroid dienone is 10. The van der Waals surface area contributed by atoms with E-state index in [1.54, 1.807) is 0 Å². The van der Waals surface area contributed by atoms with Gasteiger partial charge >= 0.3 is 0 Å². The van der Waals surface area contributed by atoms with E-state index >= 15 is 0 Å². The van der Waals surface area contributed by atoms with E-state index in [9.17, 15) is 0 Å². The van der Waals surface area contributed by atoms with Crippen LogP contribution in [0.15, 0.2) is 89.6 Å². The van der Waals surface area contributed by atoms with Gasteiger partial charge < -0.3 is 0 Å². The Kier molecular flexibility index (Phi) is 10.1. The topological polar surface area (TPSA) is 0 Å². The summed E-state index contributed by atoms with van der Waals surface area (Å²) in [5.74, 6) is 1.91. The van der Waals surface area contributed by atoms with E-state index in [0.29, 0.717) is 17.3 Å². The minimum Gasteiger partial charge on any atom is -0.0952 e. The second-order valence-electron chi connectivity index (χ2n) is 14.9. The van der Waals surface area contributed by atoms with Gasteiger partial charge in [-0.3, -0.25) is 0 Å². The maximum absolute atomic E-state index is 4.72. The van der Waals surface area contributed by atoms with Crippen molar-refractivity contribution in [2.75, 3.05) is 0 Å². The lowest BCUT2D eigenvalue weighted by Gasteiger charge is -2.25. The molecule has 0 nitrogen and oxygen atoms in total. The molecule has 1 aromatic carbocycles. The van der Waals surface area contributed by atoms with Crippen LogP contribution in [0.5, 0.6) is 0 Å². The van der Waals surface area contributed by atoms with Crippen molar-refractivity contribution < 1.29 is 0 Å². The first-order valence-corrected chi connectivity index (χ1v) is 17.1. The van der Waals surface area contributed by atoms with Crippen molar-refractivity contribution in [2.24, 2.45) is 23.2 Å². The molecule has 0 heterocycles. The van der Waals surface area contributed by atoms with Crippen molar-refractivity contribution >= 4 is 5.57 Å². The Morgan fingerprint density at radius 3 is 2.34 bits per heavy atom. The van der Waals surface area contributed by atoms with Crippen molar-refractivity contribution in [3.05, 3.63) is 101 Å². The molecule has 2 unspecified atom stereocenters. The Labute approximate surface area is 252 Å². The summed E-state index contributed by atoms with van der Waals surface area (Å²) < 4.78 is 0. The van der Waals surface area contributed by atoms with Gasteiger partial charge in [-0.1, -0.05) is 127 Å². The quantitative estimate of drug-likeness (QED) is 0.321. The molecule has 220 valence electrons. The van der Waals surface area contributed by atoms with E-state index in [-0.39, 0.29) is 0 Å². The Balaban J connectivity index is 1.41. The van der Waals surface area contributed by atoms with Gasteiger partial charge in [0.05, 0.1) is 0 Å². The zero-order valence-electron chi connectivity index (χ0n) is 26.6. The van der Waals surface area contributed by atoms with Gasteiger partial charge in [-0.2, -0.15) is 0 Å². The second-order valence-corrected chi connectivity index (χ2v) is 14.9. The summed E-state index contributed by atoms with van der Waals surface area (Å²) in [4.78, 5) is 0. The Morgan fingerprint density at radius 2 is 1.56 bits per heavy atom. The number of benzene rings is 1. The molecule has 2 atom stereocenters. The van der Waals surface area contributed by atoms with Crippen LogP contribution in [-0.4, -0.2) is 0 Å².